The van der Waals surface area contributed by atoms with Crippen LogP contribution in [0.5, 0.6) is 0 Å². The fourth-order valence-electron chi connectivity index (χ4n) is 4.24. The molecule has 0 aromatic carbocycles. The first-order valence-corrected chi connectivity index (χ1v) is 5.46. The summed E-state index contributed by atoms with van der Waals surface area (Å²) in [6, 6.07) is 0. The Bertz CT molecular complexity index is 185. The Kier molecular flexibility index (Phi) is 1.39. The molecule has 0 radical (unpaired) electrons. The topological polar surface area (TPSA) is 9.23 Å². The van der Waals surface area contributed by atoms with Gasteiger partial charge in [0.15, 0.2) is 0 Å². The van der Waals surface area contributed by atoms with E-state index in [0.29, 0.717) is 5.60 Å². The highest BCUT2D eigenvalue weighted by Crippen LogP contribution is 2.61. The highest BCUT2D eigenvalue weighted by atomic mass is 16.5. The zero-order valence-electron chi connectivity index (χ0n) is 7.88. The van der Waals surface area contributed by atoms with Crippen LogP contribution in [-0.2, 0) is 4.74 Å². The molecule has 1 nitrogen and oxygen atoms in total. The molecule has 4 aliphatic rings. The lowest BCUT2D eigenvalue weighted by Gasteiger charge is -2.32. The lowest BCUT2D eigenvalue weighted by molar-refractivity contribution is -0.0609. The Morgan fingerprint density at radius 2 is 1.83 bits per heavy atom. The lowest BCUT2D eigenvalue weighted by atomic mass is 9.81. The number of hydrogen-bond acceptors (Lipinski definition) is 1. The third-order valence-electron chi connectivity index (χ3n) is 4.35. The van der Waals surface area contributed by atoms with E-state index in [2.05, 4.69) is 6.92 Å². The van der Waals surface area contributed by atoms with Gasteiger partial charge in [0.25, 0.3) is 0 Å². The minimum atomic E-state index is 0.377. The van der Waals surface area contributed by atoms with E-state index in [4.69, 9.17) is 4.74 Å². The van der Waals surface area contributed by atoms with Crippen LogP contribution in [0.2, 0.25) is 0 Å². The van der Waals surface area contributed by atoms with E-state index < -0.39 is 0 Å². The maximum Gasteiger partial charge on any atom is 0.0715 e. The molecule has 0 aromatic rings. The molecule has 4 bridgehead atoms. The van der Waals surface area contributed by atoms with Crippen LogP contribution in [-0.4, -0.2) is 12.2 Å². The third kappa shape index (κ3) is 0.783. The van der Waals surface area contributed by atoms with Crippen LogP contribution in [0.25, 0.3) is 0 Å². The SMILES string of the molecule is CCOC12CC3CC(CC1C3)C2. The number of rotatable bonds is 2. The van der Waals surface area contributed by atoms with E-state index in [1.165, 1.54) is 32.1 Å². The summed E-state index contributed by atoms with van der Waals surface area (Å²) >= 11 is 0. The molecule has 0 saturated heterocycles. The van der Waals surface area contributed by atoms with Crippen LogP contribution in [0.4, 0.5) is 0 Å². The average molecular weight is 166 g/mol. The summed E-state index contributed by atoms with van der Waals surface area (Å²) in [5.41, 5.74) is 0.377. The molecular formula is C11H18O. The smallest absolute Gasteiger partial charge is 0.0715 e. The van der Waals surface area contributed by atoms with Crippen molar-refractivity contribution in [1.29, 1.82) is 0 Å². The Morgan fingerprint density at radius 3 is 2.42 bits per heavy atom. The van der Waals surface area contributed by atoms with Crippen molar-refractivity contribution in [2.45, 2.75) is 44.6 Å². The molecule has 0 N–H and O–H groups in total. The molecule has 0 aliphatic heterocycles. The molecule has 1 heteroatoms. The van der Waals surface area contributed by atoms with Crippen molar-refractivity contribution in [3.8, 4) is 0 Å². The summed E-state index contributed by atoms with van der Waals surface area (Å²) in [6.07, 6.45) is 7.27. The van der Waals surface area contributed by atoms with Gasteiger partial charge in [-0.15, -0.1) is 0 Å². The van der Waals surface area contributed by atoms with Gasteiger partial charge in [-0.05, 0) is 56.8 Å². The monoisotopic (exact) mass is 166 g/mol. The summed E-state index contributed by atoms with van der Waals surface area (Å²) in [5, 5.41) is 0. The molecule has 2 atom stereocenters. The van der Waals surface area contributed by atoms with Crippen LogP contribution >= 0.6 is 0 Å². The van der Waals surface area contributed by atoms with Crippen LogP contribution in [0, 0.1) is 17.8 Å². The lowest BCUT2D eigenvalue weighted by Crippen LogP contribution is -2.33. The molecule has 0 aromatic heterocycles. The maximum atomic E-state index is 6.02. The van der Waals surface area contributed by atoms with E-state index in [1.807, 2.05) is 0 Å². The predicted molar refractivity (Wildman–Crippen MR) is 47.9 cm³/mol. The molecular weight excluding hydrogens is 148 g/mol. The summed E-state index contributed by atoms with van der Waals surface area (Å²) in [4.78, 5) is 0. The summed E-state index contributed by atoms with van der Waals surface area (Å²) in [5.74, 6) is 3.02. The van der Waals surface area contributed by atoms with Gasteiger partial charge < -0.3 is 4.74 Å². The van der Waals surface area contributed by atoms with Gasteiger partial charge in [0, 0.05) is 6.61 Å². The largest absolute Gasteiger partial charge is 0.375 e. The molecule has 2 unspecified atom stereocenters. The molecule has 4 aliphatic carbocycles. The molecule has 0 heterocycles. The summed E-state index contributed by atoms with van der Waals surface area (Å²) in [7, 11) is 0. The van der Waals surface area contributed by atoms with Crippen molar-refractivity contribution in [2.24, 2.45) is 17.8 Å². The Hall–Kier alpha value is -0.0400. The van der Waals surface area contributed by atoms with Gasteiger partial charge in [0.1, 0.15) is 0 Å². The highest BCUT2D eigenvalue weighted by Gasteiger charge is 2.58. The Balaban J connectivity index is 1.88. The molecule has 12 heavy (non-hydrogen) atoms. The van der Waals surface area contributed by atoms with Crippen molar-refractivity contribution < 1.29 is 4.74 Å². The molecule has 68 valence electrons. The molecule has 4 saturated carbocycles. The Morgan fingerprint density at radius 1 is 1.17 bits per heavy atom. The standard InChI is InChI=1S/C11H18O/c1-2-12-11-6-8-3-9(7-11)5-10(11)4-8/h8-10H,2-7H2,1H3. The van der Waals surface area contributed by atoms with Gasteiger partial charge in [-0.25, -0.2) is 0 Å². The average Bonchev–Trinajstić information content (AvgIpc) is 2.36. The van der Waals surface area contributed by atoms with Crippen LogP contribution in [0.1, 0.15) is 39.0 Å². The minimum Gasteiger partial charge on any atom is -0.375 e. The van der Waals surface area contributed by atoms with Crippen molar-refractivity contribution in [3.05, 3.63) is 0 Å². The van der Waals surface area contributed by atoms with E-state index in [1.54, 1.807) is 0 Å². The summed E-state index contributed by atoms with van der Waals surface area (Å²) in [6.45, 7) is 3.07. The molecule has 0 amide bonds. The number of ether oxygens (including phenoxy) is 1. The summed E-state index contributed by atoms with van der Waals surface area (Å²) < 4.78 is 6.02. The fourth-order valence-corrected chi connectivity index (χ4v) is 4.24. The third-order valence-corrected chi connectivity index (χ3v) is 4.35. The van der Waals surface area contributed by atoms with E-state index in [-0.39, 0.29) is 0 Å². The maximum absolute atomic E-state index is 6.02. The van der Waals surface area contributed by atoms with Gasteiger partial charge >= 0.3 is 0 Å². The first-order chi connectivity index (χ1) is 5.82. The molecule has 4 rings (SSSR count). The van der Waals surface area contributed by atoms with Crippen molar-refractivity contribution in [1.82, 2.24) is 0 Å². The first kappa shape index (κ1) is 7.37. The van der Waals surface area contributed by atoms with E-state index in [9.17, 15) is 0 Å². The zero-order valence-corrected chi connectivity index (χ0v) is 7.88. The molecule has 0 spiro atoms. The minimum absolute atomic E-state index is 0.377. The van der Waals surface area contributed by atoms with Crippen LogP contribution in [0.15, 0.2) is 0 Å². The van der Waals surface area contributed by atoms with Crippen LogP contribution in [0.3, 0.4) is 0 Å². The first-order valence-electron chi connectivity index (χ1n) is 5.46. The Labute approximate surface area is 74.5 Å². The van der Waals surface area contributed by atoms with Gasteiger partial charge in [-0.1, -0.05) is 0 Å². The van der Waals surface area contributed by atoms with Gasteiger partial charge in [-0.2, -0.15) is 0 Å². The van der Waals surface area contributed by atoms with Gasteiger partial charge in [-0.3, -0.25) is 0 Å². The second kappa shape index (κ2) is 2.25. The van der Waals surface area contributed by atoms with Crippen molar-refractivity contribution in [2.75, 3.05) is 6.61 Å². The predicted octanol–water partition coefficient (Wildman–Crippen LogP) is 2.60. The second-order valence-corrected chi connectivity index (χ2v) is 5.04. The van der Waals surface area contributed by atoms with Gasteiger partial charge in [0.05, 0.1) is 5.60 Å². The molecule has 4 fully saturated rings. The van der Waals surface area contributed by atoms with Crippen molar-refractivity contribution in [3.63, 3.8) is 0 Å². The van der Waals surface area contributed by atoms with Crippen molar-refractivity contribution >= 4 is 0 Å². The van der Waals surface area contributed by atoms with Gasteiger partial charge in [0.2, 0.25) is 0 Å². The van der Waals surface area contributed by atoms with Crippen LogP contribution < -0.4 is 0 Å². The van der Waals surface area contributed by atoms with E-state index in [0.717, 1.165) is 24.4 Å². The zero-order chi connectivity index (χ0) is 8.18. The fraction of sp³-hybridized carbons (Fsp3) is 1.00. The number of hydrogen-bond donors (Lipinski definition) is 0. The quantitative estimate of drug-likeness (QED) is 0.612. The highest BCUT2D eigenvalue weighted by molar-refractivity contribution is 5.09. The van der Waals surface area contributed by atoms with E-state index >= 15 is 0 Å². The second-order valence-electron chi connectivity index (χ2n) is 5.04. The normalized spacial score (nSPS) is 55.2.